The number of benzene rings is 2. The number of amides is 1. The molecule has 0 radical (unpaired) electrons. The van der Waals surface area contributed by atoms with Crippen LogP contribution >= 0.6 is 0 Å². The van der Waals surface area contributed by atoms with E-state index in [9.17, 15) is 9.90 Å². The van der Waals surface area contributed by atoms with Gasteiger partial charge in [0.2, 0.25) is 5.91 Å². The summed E-state index contributed by atoms with van der Waals surface area (Å²) in [5.74, 6) is 2.00. The molecule has 1 N–H and O–H groups in total. The van der Waals surface area contributed by atoms with E-state index in [-0.39, 0.29) is 11.7 Å². The standard InChI is InChI=1S/C28H39N3O4/c1-4-31(5-2)28(33)23-7-6-12-29(19-23)17-21-8-10-26-24(15-21)20-30(13-14-35-26)18-22-9-11-27(34-3)25(32)16-22/h8-11,15-16,23,32H,4-7,12-14,17-20H2,1-3H3/t23-/m0/s1. The van der Waals surface area contributed by atoms with Gasteiger partial charge in [-0.05, 0) is 68.6 Å². The van der Waals surface area contributed by atoms with Gasteiger partial charge in [-0.1, -0.05) is 12.1 Å². The molecule has 2 aliphatic heterocycles. The lowest BCUT2D eigenvalue weighted by Gasteiger charge is -2.34. The molecule has 0 unspecified atom stereocenters. The summed E-state index contributed by atoms with van der Waals surface area (Å²) in [5, 5.41) is 10.1. The molecule has 1 fully saturated rings. The van der Waals surface area contributed by atoms with Crippen molar-refractivity contribution in [2.75, 3.05) is 46.4 Å². The Labute approximate surface area is 209 Å². The first kappa shape index (κ1) is 25.3. The second-order valence-corrected chi connectivity index (χ2v) is 9.59. The molecule has 35 heavy (non-hydrogen) atoms. The first-order valence-corrected chi connectivity index (χ1v) is 12.8. The number of methoxy groups -OCH3 is 1. The van der Waals surface area contributed by atoms with Crippen LogP contribution in [0.1, 0.15) is 43.4 Å². The summed E-state index contributed by atoms with van der Waals surface area (Å²) in [7, 11) is 1.56. The number of rotatable bonds is 8. The maximum absolute atomic E-state index is 12.9. The van der Waals surface area contributed by atoms with Crippen LogP contribution in [0.15, 0.2) is 36.4 Å². The summed E-state index contributed by atoms with van der Waals surface area (Å²) >= 11 is 0. The van der Waals surface area contributed by atoms with Crippen molar-refractivity contribution < 1.29 is 19.4 Å². The van der Waals surface area contributed by atoms with E-state index in [0.717, 1.165) is 76.5 Å². The van der Waals surface area contributed by atoms with Gasteiger partial charge in [0, 0.05) is 51.4 Å². The maximum atomic E-state index is 12.9. The maximum Gasteiger partial charge on any atom is 0.226 e. The molecule has 7 heteroatoms. The molecule has 0 saturated carbocycles. The predicted octanol–water partition coefficient (Wildman–Crippen LogP) is 3.88. The van der Waals surface area contributed by atoms with Crippen molar-refractivity contribution in [1.29, 1.82) is 0 Å². The van der Waals surface area contributed by atoms with Crippen LogP contribution in [0.4, 0.5) is 0 Å². The van der Waals surface area contributed by atoms with Crippen LogP contribution < -0.4 is 9.47 Å². The second-order valence-electron chi connectivity index (χ2n) is 9.59. The van der Waals surface area contributed by atoms with Crippen LogP contribution in [-0.4, -0.2) is 72.2 Å². The average Bonchev–Trinajstić information content (AvgIpc) is 3.06. The van der Waals surface area contributed by atoms with Crippen molar-refractivity contribution in [3.8, 4) is 17.2 Å². The van der Waals surface area contributed by atoms with E-state index in [2.05, 4.69) is 41.8 Å². The van der Waals surface area contributed by atoms with Gasteiger partial charge in [-0.2, -0.15) is 0 Å². The minimum Gasteiger partial charge on any atom is -0.504 e. The first-order chi connectivity index (χ1) is 17.0. The van der Waals surface area contributed by atoms with Crippen LogP contribution in [0, 0.1) is 5.92 Å². The summed E-state index contributed by atoms with van der Waals surface area (Å²) in [6.45, 7) is 11.4. The SMILES string of the molecule is CCN(CC)C(=O)[C@H]1CCCN(Cc2ccc3c(c2)CN(Cc2ccc(OC)c(O)c2)CCO3)C1. The molecule has 4 rings (SSSR count). The molecule has 0 bridgehead atoms. The van der Waals surface area contributed by atoms with Crippen molar-refractivity contribution >= 4 is 5.91 Å². The van der Waals surface area contributed by atoms with E-state index in [1.807, 2.05) is 17.0 Å². The lowest BCUT2D eigenvalue weighted by molar-refractivity contribution is -0.137. The van der Waals surface area contributed by atoms with Crippen LogP contribution in [0.5, 0.6) is 17.2 Å². The lowest BCUT2D eigenvalue weighted by Crippen LogP contribution is -2.44. The molecule has 0 aromatic heterocycles. The Morgan fingerprint density at radius 3 is 2.57 bits per heavy atom. The topological polar surface area (TPSA) is 65.5 Å². The zero-order chi connectivity index (χ0) is 24.8. The zero-order valence-electron chi connectivity index (χ0n) is 21.3. The third-order valence-corrected chi connectivity index (χ3v) is 7.17. The van der Waals surface area contributed by atoms with Gasteiger partial charge in [0.1, 0.15) is 12.4 Å². The van der Waals surface area contributed by atoms with Gasteiger partial charge < -0.3 is 19.5 Å². The molecule has 0 aliphatic carbocycles. The van der Waals surface area contributed by atoms with Gasteiger partial charge in [-0.3, -0.25) is 14.6 Å². The molecule has 2 heterocycles. The summed E-state index contributed by atoms with van der Waals surface area (Å²) in [4.78, 5) is 19.6. The summed E-state index contributed by atoms with van der Waals surface area (Å²) in [6, 6.07) is 12.1. The minimum atomic E-state index is 0.101. The lowest BCUT2D eigenvalue weighted by atomic mass is 9.95. The smallest absolute Gasteiger partial charge is 0.226 e. The van der Waals surface area contributed by atoms with Crippen LogP contribution in [0.25, 0.3) is 0 Å². The normalized spacial score (nSPS) is 18.9. The van der Waals surface area contributed by atoms with Crippen LogP contribution in [0.3, 0.4) is 0 Å². The summed E-state index contributed by atoms with van der Waals surface area (Å²) in [5.41, 5.74) is 3.48. The first-order valence-electron chi connectivity index (χ1n) is 12.8. The number of nitrogens with zero attached hydrogens (tertiary/aromatic N) is 3. The van der Waals surface area contributed by atoms with Gasteiger partial charge in [-0.15, -0.1) is 0 Å². The summed E-state index contributed by atoms with van der Waals surface area (Å²) in [6.07, 6.45) is 2.05. The molecular weight excluding hydrogens is 442 g/mol. The fraction of sp³-hybridized carbons (Fsp3) is 0.536. The number of hydrogen-bond donors (Lipinski definition) is 1. The van der Waals surface area contributed by atoms with Crippen molar-refractivity contribution in [3.63, 3.8) is 0 Å². The minimum absolute atomic E-state index is 0.101. The Balaban J connectivity index is 1.41. The Kier molecular flexibility index (Phi) is 8.52. The number of fused-ring (bicyclic) bond motifs is 1. The fourth-order valence-electron chi connectivity index (χ4n) is 5.28. The highest BCUT2D eigenvalue weighted by Gasteiger charge is 2.28. The molecule has 1 saturated heterocycles. The van der Waals surface area contributed by atoms with E-state index in [1.54, 1.807) is 13.2 Å². The quantitative estimate of drug-likeness (QED) is 0.618. The Bertz CT molecular complexity index is 1010. The average molecular weight is 482 g/mol. The largest absolute Gasteiger partial charge is 0.504 e. The predicted molar refractivity (Wildman–Crippen MR) is 137 cm³/mol. The number of carbonyl (C=O) groups is 1. The molecular formula is C28H39N3O4. The highest BCUT2D eigenvalue weighted by atomic mass is 16.5. The monoisotopic (exact) mass is 481 g/mol. The number of aromatic hydroxyl groups is 1. The van der Waals surface area contributed by atoms with Gasteiger partial charge in [0.25, 0.3) is 0 Å². The molecule has 1 amide bonds. The number of ether oxygens (including phenoxy) is 2. The Morgan fingerprint density at radius 1 is 1.09 bits per heavy atom. The van der Waals surface area contributed by atoms with Crippen LogP contribution in [-0.2, 0) is 24.4 Å². The third kappa shape index (κ3) is 6.27. The highest BCUT2D eigenvalue weighted by molar-refractivity contribution is 5.79. The number of likely N-dealkylation sites (tertiary alicyclic amines) is 1. The van der Waals surface area contributed by atoms with Gasteiger partial charge >= 0.3 is 0 Å². The van der Waals surface area contributed by atoms with E-state index in [0.29, 0.717) is 18.3 Å². The van der Waals surface area contributed by atoms with E-state index >= 15 is 0 Å². The van der Waals surface area contributed by atoms with Gasteiger partial charge in [0.15, 0.2) is 11.5 Å². The van der Waals surface area contributed by atoms with E-state index in [1.165, 1.54) is 11.1 Å². The Hall–Kier alpha value is -2.77. The molecule has 7 nitrogen and oxygen atoms in total. The Morgan fingerprint density at radius 2 is 1.83 bits per heavy atom. The zero-order valence-corrected chi connectivity index (χ0v) is 21.3. The van der Waals surface area contributed by atoms with Crippen molar-refractivity contribution in [2.45, 2.75) is 46.3 Å². The molecule has 1 atom stereocenters. The number of piperidine rings is 1. The fourth-order valence-corrected chi connectivity index (χ4v) is 5.28. The summed E-state index contributed by atoms with van der Waals surface area (Å²) < 4.78 is 11.2. The van der Waals surface area contributed by atoms with E-state index in [4.69, 9.17) is 9.47 Å². The van der Waals surface area contributed by atoms with Crippen molar-refractivity contribution in [1.82, 2.24) is 14.7 Å². The van der Waals surface area contributed by atoms with E-state index < -0.39 is 0 Å². The van der Waals surface area contributed by atoms with Crippen LogP contribution in [0.2, 0.25) is 0 Å². The van der Waals surface area contributed by atoms with Crippen molar-refractivity contribution in [2.24, 2.45) is 5.92 Å². The highest BCUT2D eigenvalue weighted by Crippen LogP contribution is 2.29. The number of phenols is 1. The molecule has 2 aromatic rings. The molecule has 2 aromatic carbocycles. The molecule has 190 valence electrons. The number of phenolic OH excluding ortho intramolecular Hbond substituents is 1. The molecule has 2 aliphatic rings. The van der Waals surface area contributed by atoms with Crippen molar-refractivity contribution in [3.05, 3.63) is 53.1 Å². The van der Waals surface area contributed by atoms with Gasteiger partial charge in [0.05, 0.1) is 13.0 Å². The second kappa shape index (κ2) is 11.8. The third-order valence-electron chi connectivity index (χ3n) is 7.17. The number of hydrogen-bond acceptors (Lipinski definition) is 6. The number of carbonyl (C=O) groups excluding carboxylic acids is 1. The molecule has 0 spiro atoms. The van der Waals surface area contributed by atoms with Gasteiger partial charge in [-0.25, -0.2) is 0 Å².